The fourth-order valence-electron chi connectivity index (χ4n) is 2.82. The summed E-state index contributed by atoms with van der Waals surface area (Å²) in [6.45, 7) is 7.46. The molecule has 1 aromatic heterocycles. The number of fused-ring (bicyclic) bond motifs is 1. The SMILES string of the molecule is CCN(CC)CCN(C(=O)c1ccc(Cl)cc1)c1nc2ccc(Cl)cc2s1. The van der Waals surface area contributed by atoms with Crippen molar-refractivity contribution in [3.8, 4) is 0 Å². The molecule has 0 N–H and O–H groups in total. The van der Waals surface area contributed by atoms with Crippen molar-refractivity contribution < 1.29 is 4.79 Å². The monoisotopic (exact) mass is 421 g/mol. The summed E-state index contributed by atoms with van der Waals surface area (Å²) in [5.41, 5.74) is 1.44. The quantitative estimate of drug-likeness (QED) is 0.498. The summed E-state index contributed by atoms with van der Waals surface area (Å²) in [5.74, 6) is -0.0797. The molecule has 0 saturated carbocycles. The van der Waals surface area contributed by atoms with Gasteiger partial charge in [0.2, 0.25) is 0 Å². The number of hydrogen-bond acceptors (Lipinski definition) is 4. The second-order valence-electron chi connectivity index (χ2n) is 6.10. The molecule has 0 aliphatic heterocycles. The largest absolute Gasteiger partial charge is 0.302 e. The fourth-order valence-corrected chi connectivity index (χ4v) is 4.21. The molecule has 0 unspecified atom stereocenters. The third-order valence-corrected chi connectivity index (χ3v) is 5.97. The second-order valence-corrected chi connectivity index (χ2v) is 7.98. The van der Waals surface area contributed by atoms with E-state index in [1.165, 1.54) is 11.3 Å². The van der Waals surface area contributed by atoms with Gasteiger partial charge in [-0.15, -0.1) is 0 Å². The van der Waals surface area contributed by atoms with E-state index in [-0.39, 0.29) is 5.91 Å². The van der Waals surface area contributed by atoms with Gasteiger partial charge in [-0.25, -0.2) is 4.98 Å². The Morgan fingerprint density at radius 2 is 1.67 bits per heavy atom. The van der Waals surface area contributed by atoms with E-state index in [1.54, 1.807) is 29.2 Å². The highest BCUT2D eigenvalue weighted by molar-refractivity contribution is 7.22. The summed E-state index contributed by atoms with van der Waals surface area (Å²) in [6.07, 6.45) is 0. The van der Waals surface area contributed by atoms with Crippen molar-refractivity contribution in [2.24, 2.45) is 0 Å². The fraction of sp³-hybridized carbons (Fsp3) is 0.300. The van der Waals surface area contributed by atoms with E-state index in [0.29, 0.717) is 27.3 Å². The predicted octanol–water partition coefficient (Wildman–Crippen LogP) is 5.59. The molecule has 142 valence electrons. The lowest BCUT2D eigenvalue weighted by molar-refractivity contribution is 0.0984. The van der Waals surface area contributed by atoms with Gasteiger partial charge < -0.3 is 4.90 Å². The zero-order valence-corrected chi connectivity index (χ0v) is 17.6. The number of benzene rings is 2. The molecule has 2 aromatic carbocycles. The molecule has 0 aliphatic carbocycles. The maximum absolute atomic E-state index is 13.2. The Labute approximate surface area is 173 Å². The second kappa shape index (κ2) is 9.02. The van der Waals surface area contributed by atoms with Crippen LogP contribution in [-0.2, 0) is 0 Å². The van der Waals surface area contributed by atoms with Gasteiger partial charge in [0.25, 0.3) is 5.91 Å². The highest BCUT2D eigenvalue weighted by atomic mass is 35.5. The zero-order chi connectivity index (χ0) is 19.4. The lowest BCUT2D eigenvalue weighted by Crippen LogP contribution is -2.38. The summed E-state index contributed by atoms with van der Waals surface area (Å²) >= 11 is 13.5. The van der Waals surface area contributed by atoms with E-state index in [9.17, 15) is 4.79 Å². The van der Waals surface area contributed by atoms with Crippen molar-refractivity contribution in [1.29, 1.82) is 0 Å². The van der Waals surface area contributed by atoms with E-state index in [0.717, 1.165) is 29.9 Å². The first-order valence-electron chi connectivity index (χ1n) is 8.87. The number of amides is 1. The molecule has 4 nitrogen and oxygen atoms in total. The van der Waals surface area contributed by atoms with Crippen LogP contribution in [-0.4, -0.2) is 42.0 Å². The van der Waals surface area contributed by atoms with Crippen LogP contribution in [0, 0.1) is 0 Å². The molecule has 3 rings (SSSR count). The minimum Gasteiger partial charge on any atom is -0.302 e. The Morgan fingerprint density at radius 3 is 2.33 bits per heavy atom. The van der Waals surface area contributed by atoms with Crippen LogP contribution in [0.2, 0.25) is 10.0 Å². The number of anilines is 1. The van der Waals surface area contributed by atoms with E-state index < -0.39 is 0 Å². The van der Waals surface area contributed by atoms with Crippen LogP contribution in [0.1, 0.15) is 24.2 Å². The molecule has 7 heteroatoms. The van der Waals surface area contributed by atoms with Gasteiger partial charge in [0.05, 0.1) is 10.2 Å². The van der Waals surface area contributed by atoms with E-state index in [4.69, 9.17) is 23.2 Å². The van der Waals surface area contributed by atoms with Crippen LogP contribution in [0.4, 0.5) is 5.13 Å². The van der Waals surface area contributed by atoms with Crippen molar-refractivity contribution in [2.45, 2.75) is 13.8 Å². The third-order valence-electron chi connectivity index (χ3n) is 4.44. The first kappa shape index (κ1) is 20.1. The third kappa shape index (κ3) is 4.79. The van der Waals surface area contributed by atoms with Crippen LogP contribution in [0.5, 0.6) is 0 Å². The summed E-state index contributed by atoms with van der Waals surface area (Å²) < 4.78 is 0.967. The van der Waals surface area contributed by atoms with Gasteiger partial charge in [-0.3, -0.25) is 9.69 Å². The van der Waals surface area contributed by atoms with Crippen molar-refractivity contribution in [1.82, 2.24) is 9.88 Å². The van der Waals surface area contributed by atoms with Crippen molar-refractivity contribution in [3.05, 3.63) is 58.1 Å². The van der Waals surface area contributed by atoms with Crippen LogP contribution in [0.25, 0.3) is 10.2 Å². The Morgan fingerprint density at radius 1 is 1.00 bits per heavy atom. The van der Waals surface area contributed by atoms with Crippen LogP contribution >= 0.6 is 34.5 Å². The smallest absolute Gasteiger partial charge is 0.260 e. The summed E-state index contributed by atoms with van der Waals surface area (Å²) in [7, 11) is 0. The molecule has 3 aromatic rings. The molecular weight excluding hydrogens is 401 g/mol. The van der Waals surface area contributed by atoms with Gasteiger partial charge in [0.1, 0.15) is 0 Å². The standard InChI is InChI=1S/C20H21Cl2N3OS/c1-3-24(4-2)11-12-25(19(26)14-5-7-15(21)8-6-14)20-23-17-10-9-16(22)13-18(17)27-20/h5-10,13H,3-4,11-12H2,1-2H3. The maximum Gasteiger partial charge on any atom is 0.260 e. The zero-order valence-electron chi connectivity index (χ0n) is 15.3. The number of carbonyl (C=O) groups excluding carboxylic acids is 1. The Balaban J connectivity index is 1.94. The normalized spacial score (nSPS) is 11.3. The lowest BCUT2D eigenvalue weighted by Gasteiger charge is -2.24. The van der Waals surface area contributed by atoms with Crippen LogP contribution in [0.15, 0.2) is 42.5 Å². The van der Waals surface area contributed by atoms with Crippen LogP contribution in [0.3, 0.4) is 0 Å². The molecule has 0 bridgehead atoms. The van der Waals surface area contributed by atoms with Gasteiger partial charge in [-0.2, -0.15) is 0 Å². The molecule has 0 radical (unpaired) electrons. The highest BCUT2D eigenvalue weighted by Gasteiger charge is 2.22. The first-order valence-corrected chi connectivity index (χ1v) is 10.4. The van der Waals surface area contributed by atoms with Gasteiger partial charge in [-0.05, 0) is 55.6 Å². The Kier molecular flexibility index (Phi) is 6.71. The number of halogens is 2. The number of carbonyl (C=O) groups is 1. The molecule has 0 saturated heterocycles. The van der Waals surface area contributed by atoms with Gasteiger partial charge in [0, 0.05) is 28.7 Å². The van der Waals surface area contributed by atoms with Gasteiger partial charge in [-0.1, -0.05) is 48.4 Å². The van der Waals surface area contributed by atoms with Gasteiger partial charge in [0.15, 0.2) is 5.13 Å². The molecule has 27 heavy (non-hydrogen) atoms. The molecule has 0 fully saturated rings. The topological polar surface area (TPSA) is 36.4 Å². The van der Waals surface area contributed by atoms with Crippen LogP contribution < -0.4 is 4.90 Å². The Hall–Kier alpha value is -1.66. The first-order chi connectivity index (χ1) is 13.0. The molecule has 0 atom stereocenters. The van der Waals surface area contributed by atoms with Crippen molar-refractivity contribution in [3.63, 3.8) is 0 Å². The summed E-state index contributed by atoms with van der Waals surface area (Å²) in [6, 6.07) is 12.5. The Bertz CT molecular complexity index is 923. The minimum atomic E-state index is -0.0797. The molecule has 1 amide bonds. The molecule has 0 aliphatic rings. The van der Waals surface area contributed by atoms with E-state index >= 15 is 0 Å². The van der Waals surface area contributed by atoms with Gasteiger partial charge >= 0.3 is 0 Å². The number of hydrogen-bond donors (Lipinski definition) is 0. The van der Waals surface area contributed by atoms with E-state index in [2.05, 4.69) is 23.7 Å². The van der Waals surface area contributed by atoms with Crippen molar-refractivity contribution >= 4 is 55.8 Å². The van der Waals surface area contributed by atoms with Crippen molar-refractivity contribution in [2.75, 3.05) is 31.1 Å². The molecule has 0 spiro atoms. The predicted molar refractivity (Wildman–Crippen MR) is 116 cm³/mol. The minimum absolute atomic E-state index is 0.0797. The highest BCUT2D eigenvalue weighted by Crippen LogP contribution is 2.31. The number of thiazole rings is 1. The van der Waals surface area contributed by atoms with E-state index in [1.807, 2.05) is 18.2 Å². The average Bonchev–Trinajstić information content (AvgIpc) is 3.08. The summed E-state index contributed by atoms with van der Waals surface area (Å²) in [5, 5.41) is 1.95. The number of likely N-dealkylation sites (N-methyl/N-ethyl adjacent to an activating group) is 1. The number of nitrogens with zero attached hydrogens (tertiary/aromatic N) is 3. The average molecular weight is 422 g/mol. The number of aromatic nitrogens is 1. The molecular formula is C20H21Cl2N3OS. The lowest BCUT2D eigenvalue weighted by atomic mass is 10.2. The summed E-state index contributed by atoms with van der Waals surface area (Å²) in [4.78, 5) is 21.9. The maximum atomic E-state index is 13.2. The number of rotatable bonds is 7. The molecule has 1 heterocycles.